The minimum atomic E-state index is -3.55. The van der Waals surface area contributed by atoms with Gasteiger partial charge in [0.25, 0.3) is 0 Å². The molecule has 0 saturated carbocycles. The summed E-state index contributed by atoms with van der Waals surface area (Å²) in [5, 5.41) is 8.67. The average Bonchev–Trinajstić information content (AvgIpc) is 2.35. The zero-order chi connectivity index (χ0) is 14.6. The minimum absolute atomic E-state index is 0.0488. The molecular weight excluding hydrogens is 268 g/mol. The molecule has 106 valence electrons. The molecule has 1 N–H and O–H groups in total. The van der Waals surface area contributed by atoms with Crippen LogP contribution in [0, 0.1) is 0 Å². The van der Waals surface area contributed by atoms with E-state index in [1.54, 1.807) is 30.1 Å². The van der Waals surface area contributed by atoms with Gasteiger partial charge in [0.15, 0.2) is 0 Å². The highest BCUT2D eigenvalue weighted by Crippen LogP contribution is 2.25. The van der Waals surface area contributed by atoms with Gasteiger partial charge in [-0.2, -0.15) is 0 Å². The van der Waals surface area contributed by atoms with E-state index in [-0.39, 0.29) is 17.9 Å². The molecule has 19 heavy (non-hydrogen) atoms. The van der Waals surface area contributed by atoms with Gasteiger partial charge in [-0.25, -0.2) is 12.7 Å². The van der Waals surface area contributed by atoms with E-state index in [0.29, 0.717) is 5.69 Å². The van der Waals surface area contributed by atoms with Crippen LogP contribution in [0.15, 0.2) is 29.2 Å². The quantitative estimate of drug-likeness (QED) is 0.838. The van der Waals surface area contributed by atoms with E-state index in [4.69, 9.17) is 5.11 Å². The molecule has 6 nitrogen and oxygen atoms in total. The zero-order valence-corrected chi connectivity index (χ0v) is 12.0. The highest BCUT2D eigenvalue weighted by molar-refractivity contribution is 7.89. The molecule has 0 aromatic heterocycles. The minimum Gasteiger partial charge on any atom is -0.481 e. The summed E-state index contributed by atoms with van der Waals surface area (Å²) in [6.07, 6.45) is -0.0488. The van der Waals surface area contributed by atoms with Crippen molar-refractivity contribution in [2.24, 2.45) is 0 Å². The Hall–Kier alpha value is -1.60. The molecule has 7 heteroatoms. The number of anilines is 1. The summed E-state index contributed by atoms with van der Waals surface area (Å²) >= 11 is 0. The Bertz CT molecular complexity index is 555. The molecular formula is C12H18N2O4S. The number of sulfonamides is 1. The van der Waals surface area contributed by atoms with Gasteiger partial charge >= 0.3 is 5.97 Å². The molecule has 0 heterocycles. The summed E-state index contributed by atoms with van der Waals surface area (Å²) in [4.78, 5) is 12.4. The van der Waals surface area contributed by atoms with Crippen molar-refractivity contribution >= 4 is 21.7 Å². The van der Waals surface area contributed by atoms with Crippen LogP contribution in [0.3, 0.4) is 0 Å². The van der Waals surface area contributed by atoms with Crippen LogP contribution in [0.25, 0.3) is 0 Å². The monoisotopic (exact) mass is 286 g/mol. The first-order valence-electron chi connectivity index (χ1n) is 5.71. The van der Waals surface area contributed by atoms with E-state index in [1.165, 1.54) is 20.2 Å². The highest BCUT2D eigenvalue weighted by Gasteiger charge is 2.22. The van der Waals surface area contributed by atoms with E-state index >= 15 is 0 Å². The van der Waals surface area contributed by atoms with Gasteiger partial charge in [0.2, 0.25) is 10.0 Å². The summed E-state index contributed by atoms with van der Waals surface area (Å²) < 4.78 is 25.5. The lowest BCUT2D eigenvalue weighted by molar-refractivity contribution is -0.136. The molecule has 0 saturated heterocycles. The largest absolute Gasteiger partial charge is 0.481 e. The molecule has 0 aliphatic carbocycles. The van der Waals surface area contributed by atoms with Crippen LogP contribution >= 0.6 is 0 Å². The fourth-order valence-electron chi connectivity index (χ4n) is 1.57. The number of hydrogen-bond acceptors (Lipinski definition) is 4. The number of para-hydroxylation sites is 1. The van der Waals surface area contributed by atoms with Gasteiger partial charge in [-0.1, -0.05) is 12.1 Å². The van der Waals surface area contributed by atoms with E-state index < -0.39 is 16.0 Å². The molecule has 0 fully saturated rings. The van der Waals surface area contributed by atoms with Gasteiger partial charge in [-0.05, 0) is 12.1 Å². The predicted octanol–water partition coefficient (Wildman–Crippen LogP) is 0.848. The molecule has 0 spiro atoms. The third-order valence-electron chi connectivity index (χ3n) is 2.70. The molecule has 1 aromatic carbocycles. The SMILES string of the molecule is CN(CCC(=O)O)c1ccccc1S(=O)(=O)N(C)C. The van der Waals surface area contributed by atoms with E-state index in [2.05, 4.69) is 0 Å². The summed E-state index contributed by atoms with van der Waals surface area (Å²) in [5.41, 5.74) is 0.498. The number of nitrogens with zero attached hydrogens (tertiary/aromatic N) is 2. The van der Waals surface area contributed by atoms with Crippen molar-refractivity contribution in [1.29, 1.82) is 0 Å². The number of carboxylic acid groups (broad SMARTS) is 1. The Balaban J connectivity index is 3.13. The van der Waals surface area contributed by atoms with Crippen molar-refractivity contribution in [2.45, 2.75) is 11.3 Å². The molecule has 0 aliphatic rings. The van der Waals surface area contributed by atoms with Crippen molar-refractivity contribution in [2.75, 3.05) is 32.6 Å². The van der Waals surface area contributed by atoms with E-state index in [9.17, 15) is 13.2 Å². The average molecular weight is 286 g/mol. The third-order valence-corrected chi connectivity index (χ3v) is 4.56. The number of carboxylic acids is 1. The first-order chi connectivity index (χ1) is 8.76. The third kappa shape index (κ3) is 3.68. The van der Waals surface area contributed by atoms with Crippen LogP contribution in [0.2, 0.25) is 0 Å². The maximum atomic E-state index is 12.2. The van der Waals surface area contributed by atoms with E-state index in [1.807, 2.05) is 0 Å². The molecule has 1 aromatic rings. The first-order valence-corrected chi connectivity index (χ1v) is 7.15. The molecule has 0 atom stereocenters. The fourth-order valence-corrected chi connectivity index (χ4v) is 2.70. The van der Waals surface area contributed by atoms with E-state index in [0.717, 1.165) is 4.31 Å². The first kappa shape index (κ1) is 15.5. The molecule has 0 unspecified atom stereocenters. The van der Waals surface area contributed by atoms with Crippen LogP contribution in [0.4, 0.5) is 5.69 Å². The topological polar surface area (TPSA) is 77.9 Å². The fraction of sp³-hybridized carbons (Fsp3) is 0.417. The van der Waals surface area contributed by atoms with Gasteiger partial charge < -0.3 is 10.0 Å². The van der Waals surface area contributed by atoms with Gasteiger partial charge in [-0.3, -0.25) is 4.79 Å². The summed E-state index contributed by atoms with van der Waals surface area (Å²) in [6.45, 7) is 0.245. The molecule has 0 bridgehead atoms. The second kappa shape index (κ2) is 6.03. The summed E-state index contributed by atoms with van der Waals surface area (Å²) in [7, 11) is 1.05. The molecule has 0 aliphatic heterocycles. The van der Waals surface area contributed by atoms with Gasteiger partial charge in [0, 0.05) is 27.7 Å². The van der Waals surface area contributed by atoms with Crippen molar-refractivity contribution in [3.05, 3.63) is 24.3 Å². The Morgan fingerprint density at radius 3 is 2.32 bits per heavy atom. The lowest BCUT2D eigenvalue weighted by atomic mass is 10.3. The number of benzene rings is 1. The summed E-state index contributed by atoms with van der Waals surface area (Å²) in [5.74, 6) is -0.917. The Kier molecular flexibility index (Phi) is 4.90. The van der Waals surface area contributed by atoms with Gasteiger partial charge in [-0.15, -0.1) is 0 Å². The van der Waals surface area contributed by atoms with Crippen molar-refractivity contribution in [3.8, 4) is 0 Å². The Morgan fingerprint density at radius 2 is 1.79 bits per heavy atom. The smallest absolute Gasteiger partial charge is 0.305 e. The van der Waals surface area contributed by atoms with Gasteiger partial charge in [0.05, 0.1) is 12.1 Å². The predicted molar refractivity (Wildman–Crippen MR) is 72.8 cm³/mol. The maximum Gasteiger partial charge on any atom is 0.305 e. The Morgan fingerprint density at radius 1 is 1.21 bits per heavy atom. The van der Waals surface area contributed by atoms with Crippen LogP contribution in [-0.4, -0.2) is 51.5 Å². The maximum absolute atomic E-state index is 12.2. The second-order valence-electron chi connectivity index (χ2n) is 4.32. The molecule has 0 radical (unpaired) electrons. The van der Waals surface area contributed by atoms with Crippen LogP contribution in [0.5, 0.6) is 0 Å². The number of carbonyl (C=O) groups is 1. The molecule has 1 rings (SSSR count). The van der Waals surface area contributed by atoms with Crippen molar-refractivity contribution in [3.63, 3.8) is 0 Å². The lowest BCUT2D eigenvalue weighted by Crippen LogP contribution is -2.27. The lowest BCUT2D eigenvalue weighted by Gasteiger charge is -2.23. The number of aliphatic carboxylic acids is 1. The zero-order valence-electron chi connectivity index (χ0n) is 11.2. The van der Waals surface area contributed by atoms with Crippen molar-refractivity contribution in [1.82, 2.24) is 4.31 Å². The highest BCUT2D eigenvalue weighted by atomic mass is 32.2. The standard InChI is InChI=1S/C12H18N2O4S/c1-13(2)19(17,18)11-7-5-4-6-10(11)14(3)9-8-12(15)16/h4-7H,8-9H2,1-3H3,(H,15,16). The molecule has 0 amide bonds. The van der Waals surface area contributed by atoms with Crippen LogP contribution < -0.4 is 4.90 Å². The normalized spacial score (nSPS) is 11.6. The second-order valence-corrected chi connectivity index (χ2v) is 6.44. The van der Waals surface area contributed by atoms with Crippen LogP contribution in [-0.2, 0) is 14.8 Å². The summed E-state index contributed by atoms with van der Waals surface area (Å²) in [6, 6.07) is 6.55. The Labute approximate surface area is 113 Å². The van der Waals surface area contributed by atoms with Crippen LogP contribution in [0.1, 0.15) is 6.42 Å². The van der Waals surface area contributed by atoms with Gasteiger partial charge in [0.1, 0.15) is 4.90 Å². The van der Waals surface area contributed by atoms with Crippen molar-refractivity contribution < 1.29 is 18.3 Å². The number of hydrogen-bond donors (Lipinski definition) is 1. The number of rotatable bonds is 6.